The molecule has 1 aromatic carbocycles. The van der Waals surface area contributed by atoms with E-state index < -0.39 is 5.41 Å². The van der Waals surface area contributed by atoms with Crippen LogP contribution in [0.3, 0.4) is 0 Å². The van der Waals surface area contributed by atoms with Crippen molar-refractivity contribution in [2.24, 2.45) is 23.2 Å². The largest absolute Gasteiger partial charge is 0.376 e. The van der Waals surface area contributed by atoms with Crippen LogP contribution in [0.15, 0.2) is 36.9 Å². The Labute approximate surface area is 141 Å². The van der Waals surface area contributed by atoms with E-state index in [0.717, 1.165) is 30.8 Å². The molecule has 7 atom stereocenters. The highest BCUT2D eigenvalue weighted by Crippen LogP contribution is 2.73. The average molecular weight is 322 g/mol. The van der Waals surface area contributed by atoms with Crippen LogP contribution in [0.25, 0.3) is 0 Å². The third kappa shape index (κ3) is 1.12. The summed E-state index contributed by atoms with van der Waals surface area (Å²) < 4.78 is 6.34. The minimum absolute atomic E-state index is 0.00280. The molecule has 4 fully saturated rings. The van der Waals surface area contributed by atoms with E-state index >= 15 is 0 Å². The van der Waals surface area contributed by atoms with Crippen LogP contribution in [0.5, 0.6) is 0 Å². The van der Waals surface area contributed by atoms with Gasteiger partial charge in [-0.1, -0.05) is 24.3 Å². The van der Waals surface area contributed by atoms with Crippen molar-refractivity contribution in [1.82, 2.24) is 4.90 Å². The molecule has 0 aromatic heterocycles. The SMILES string of the molecule is C=C[C@]12CN(C)[C@H]3C4CO[C@@H](C[C@H]41)[C@]1(C(=O)Nc4ccccc41)[C@@H]32. The van der Waals surface area contributed by atoms with Gasteiger partial charge >= 0.3 is 0 Å². The van der Waals surface area contributed by atoms with E-state index in [4.69, 9.17) is 4.74 Å². The normalized spacial score (nSPS) is 50.4. The molecular formula is C20H22N2O2. The summed E-state index contributed by atoms with van der Waals surface area (Å²) >= 11 is 0. The molecule has 6 rings (SSSR count). The van der Waals surface area contributed by atoms with E-state index in [1.807, 2.05) is 12.1 Å². The Kier molecular flexibility index (Phi) is 2.24. The van der Waals surface area contributed by atoms with E-state index in [9.17, 15) is 4.79 Å². The number of ether oxygens (including phenoxy) is 1. The number of hydrogen-bond donors (Lipinski definition) is 1. The van der Waals surface area contributed by atoms with Crippen molar-refractivity contribution in [2.75, 3.05) is 25.5 Å². The van der Waals surface area contributed by atoms with Gasteiger partial charge in [0.2, 0.25) is 5.91 Å². The fraction of sp³-hybridized carbons (Fsp3) is 0.550. The third-order valence-corrected chi connectivity index (χ3v) is 7.93. The maximum absolute atomic E-state index is 13.4. The lowest BCUT2D eigenvalue weighted by molar-refractivity contribution is -0.153. The fourth-order valence-corrected chi connectivity index (χ4v) is 7.38. The monoisotopic (exact) mass is 322 g/mol. The van der Waals surface area contributed by atoms with Crippen LogP contribution in [-0.2, 0) is 14.9 Å². The average Bonchev–Trinajstić information content (AvgIpc) is 3.08. The van der Waals surface area contributed by atoms with Gasteiger partial charge in [0.05, 0.1) is 12.7 Å². The molecule has 1 unspecified atom stereocenters. The molecule has 1 N–H and O–H groups in total. The molecule has 1 spiro atoms. The number of rotatable bonds is 1. The number of piperidine rings is 1. The van der Waals surface area contributed by atoms with Crippen molar-refractivity contribution in [3.05, 3.63) is 42.5 Å². The number of hydrogen-bond acceptors (Lipinski definition) is 3. The van der Waals surface area contributed by atoms with Gasteiger partial charge in [-0.05, 0) is 31.0 Å². The number of fused-ring (bicyclic) bond motifs is 5. The maximum Gasteiger partial charge on any atom is 0.238 e. The van der Waals surface area contributed by atoms with Crippen molar-refractivity contribution in [3.8, 4) is 0 Å². The van der Waals surface area contributed by atoms with Crippen LogP contribution in [-0.4, -0.2) is 43.2 Å². The highest BCUT2D eigenvalue weighted by molar-refractivity contribution is 6.07. The molecule has 3 aliphatic heterocycles. The number of amides is 1. The minimum Gasteiger partial charge on any atom is -0.376 e. The Morgan fingerprint density at radius 2 is 2.25 bits per heavy atom. The van der Waals surface area contributed by atoms with Crippen molar-refractivity contribution < 1.29 is 9.53 Å². The lowest BCUT2D eigenvalue weighted by Gasteiger charge is -2.54. The number of para-hydroxylation sites is 1. The summed E-state index contributed by atoms with van der Waals surface area (Å²) in [4.78, 5) is 15.9. The lowest BCUT2D eigenvalue weighted by Crippen LogP contribution is -2.62. The predicted molar refractivity (Wildman–Crippen MR) is 90.6 cm³/mol. The Balaban J connectivity index is 1.69. The Morgan fingerprint density at radius 3 is 3.08 bits per heavy atom. The lowest BCUT2D eigenvalue weighted by atomic mass is 9.51. The first-order chi connectivity index (χ1) is 11.6. The molecule has 4 heteroatoms. The molecule has 2 aliphatic carbocycles. The standard InChI is InChI=1S/C20H22N2O2/c1-3-19-10-22(2)16-11-9-24-15(8-13(11)19)20(17(16)19)12-6-4-5-7-14(12)21-18(20)23/h3-7,11,13,15-17H,1,8-10H2,2H3,(H,21,23)/t11?,13-,15+,16+,17+,19+,20+/m1/s1. The molecule has 1 aromatic rings. The summed E-state index contributed by atoms with van der Waals surface area (Å²) in [6, 6.07) is 8.64. The van der Waals surface area contributed by atoms with Gasteiger partial charge in [0, 0.05) is 35.5 Å². The zero-order chi connectivity index (χ0) is 16.3. The summed E-state index contributed by atoms with van der Waals surface area (Å²) in [5.74, 6) is 1.56. The van der Waals surface area contributed by atoms with Gasteiger partial charge in [-0.25, -0.2) is 0 Å². The quantitative estimate of drug-likeness (QED) is 0.805. The number of nitrogens with zero attached hydrogens (tertiary/aromatic N) is 1. The molecule has 24 heavy (non-hydrogen) atoms. The molecule has 3 heterocycles. The Bertz CT molecular complexity index is 792. The maximum atomic E-state index is 13.4. The van der Waals surface area contributed by atoms with E-state index in [1.165, 1.54) is 0 Å². The predicted octanol–water partition coefficient (Wildman–Crippen LogP) is 2.03. The summed E-state index contributed by atoms with van der Waals surface area (Å²) in [6.07, 6.45) is 3.17. The van der Waals surface area contributed by atoms with Crippen LogP contribution in [0.4, 0.5) is 5.69 Å². The van der Waals surface area contributed by atoms with Crippen LogP contribution in [0, 0.1) is 23.2 Å². The summed E-state index contributed by atoms with van der Waals surface area (Å²) in [6.45, 7) is 6.06. The third-order valence-electron chi connectivity index (χ3n) is 7.93. The van der Waals surface area contributed by atoms with Crippen molar-refractivity contribution >= 4 is 11.6 Å². The number of nitrogens with one attached hydrogen (secondary N) is 1. The topological polar surface area (TPSA) is 41.6 Å². The first kappa shape index (κ1) is 13.6. The minimum atomic E-state index is -0.554. The second-order valence-corrected chi connectivity index (χ2v) is 8.40. The van der Waals surface area contributed by atoms with Gasteiger partial charge < -0.3 is 15.0 Å². The van der Waals surface area contributed by atoms with E-state index in [2.05, 4.69) is 42.1 Å². The van der Waals surface area contributed by atoms with Crippen molar-refractivity contribution in [3.63, 3.8) is 0 Å². The van der Waals surface area contributed by atoms with Crippen LogP contribution in [0.1, 0.15) is 12.0 Å². The smallest absolute Gasteiger partial charge is 0.238 e. The zero-order valence-electron chi connectivity index (χ0n) is 13.9. The highest BCUT2D eigenvalue weighted by Gasteiger charge is 2.79. The van der Waals surface area contributed by atoms with Gasteiger partial charge in [0.15, 0.2) is 0 Å². The summed E-state index contributed by atoms with van der Waals surface area (Å²) in [7, 11) is 2.21. The molecule has 5 aliphatic rings. The van der Waals surface area contributed by atoms with Gasteiger partial charge in [0.1, 0.15) is 5.41 Å². The molecule has 5 bridgehead atoms. The van der Waals surface area contributed by atoms with Crippen molar-refractivity contribution in [1.29, 1.82) is 0 Å². The van der Waals surface area contributed by atoms with Crippen LogP contribution < -0.4 is 5.32 Å². The van der Waals surface area contributed by atoms with E-state index in [1.54, 1.807) is 0 Å². The Morgan fingerprint density at radius 1 is 1.42 bits per heavy atom. The second kappa shape index (κ2) is 3.94. The highest BCUT2D eigenvalue weighted by atomic mass is 16.5. The van der Waals surface area contributed by atoms with Gasteiger partial charge in [0.25, 0.3) is 0 Å². The van der Waals surface area contributed by atoms with Gasteiger partial charge in [-0.2, -0.15) is 0 Å². The first-order valence-corrected chi connectivity index (χ1v) is 9.01. The van der Waals surface area contributed by atoms with Crippen LogP contribution >= 0.6 is 0 Å². The summed E-state index contributed by atoms with van der Waals surface area (Å²) in [5, 5.41) is 3.18. The van der Waals surface area contributed by atoms with Crippen LogP contribution in [0.2, 0.25) is 0 Å². The first-order valence-electron chi connectivity index (χ1n) is 9.01. The fourth-order valence-electron chi connectivity index (χ4n) is 7.38. The molecule has 124 valence electrons. The molecule has 1 amide bonds. The van der Waals surface area contributed by atoms with Gasteiger partial charge in [-0.3, -0.25) is 4.79 Å². The van der Waals surface area contributed by atoms with E-state index in [-0.39, 0.29) is 23.3 Å². The number of likely N-dealkylation sites (tertiary alicyclic amines) is 1. The van der Waals surface area contributed by atoms with Gasteiger partial charge in [-0.15, -0.1) is 6.58 Å². The summed E-state index contributed by atoms with van der Waals surface area (Å²) in [5.41, 5.74) is 1.61. The molecule has 0 radical (unpaired) electrons. The van der Waals surface area contributed by atoms with E-state index in [0.29, 0.717) is 17.9 Å². The number of benzene rings is 1. The number of anilines is 1. The molecule has 4 nitrogen and oxygen atoms in total. The molecule has 2 saturated heterocycles. The molecule has 2 saturated carbocycles. The molecular weight excluding hydrogens is 300 g/mol. The number of carbonyl (C=O) groups excluding carboxylic acids is 1. The number of carbonyl (C=O) groups is 1. The Hall–Kier alpha value is -1.65. The van der Waals surface area contributed by atoms with Crippen molar-refractivity contribution in [2.45, 2.75) is 24.0 Å². The second-order valence-electron chi connectivity index (χ2n) is 8.40. The zero-order valence-corrected chi connectivity index (χ0v) is 13.9.